The van der Waals surface area contributed by atoms with Gasteiger partial charge in [-0.1, -0.05) is 6.42 Å². The van der Waals surface area contributed by atoms with Crippen LogP contribution in [0.5, 0.6) is 0 Å². The predicted octanol–water partition coefficient (Wildman–Crippen LogP) is 2.40. The molecule has 4 nitrogen and oxygen atoms in total. The first-order valence-corrected chi connectivity index (χ1v) is 8.16. The molecule has 0 bridgehead atoms. The molecular formula is C16H28N4. The van der Waals surface area contributed by atoms with Gasteiger partial charge in [0.15, 0.2) is 0 Å². The molecule has 1 aromatic heterocycles. The minimum atomic E-state index is 0.483. The first-order chi connectivity index (χ1) is 9.66. The van der Waals surface area contributed by atoms with Gasteiger partial charge in [-0.25, -0.2) is 0 Å². The largest absolute Gasteiger partial charge is 0.312 e. The van der Waals surface area contributed by atoms with E-state index in [-0.39, 0.29) is 0 Å². The van der Waals surface area contributed by atoms with E-state index < -0.39 is 0 Å². The van der Waals surface area contributed by atoms with E-state index >= 15 is 0 Å². The van der Waals surface area contributed by atoms with E-state index in [1.54, 1.807) is 0 Å². The topological polar surface area (TPSA) is 33.1 Å². The molecule has 0 aliphatic carbocycles. The molecule has 112 valence electrons. The number of likely N-dealkylation sites (tertiary alicyclic amines) is 1. The first-order valence-electron chi connectivity index (χ1n) is 8.16. The Bertz CT molecular complexity index is 447. The molecule has 2 aliphatic heterocycles. The molecule has 1 N–H and O–H groups in total. The van der Waals surface area contributed by atoms with Gasteiger partial charge < -0.3 is 5.32 Å². The van der Waals surface area contributed by atoms with E-state index in [0.29, 0.717) is 18.1 Å². The minimum Gasteiger partial charge on any atom is -0.312 e. The van der Waals surface area contributed by atoms with Gasteiger partial charge in [0.2, 0.25) is 0 Å². The summed E-state index contributed by atoms with van der Waals surface area (Å²) in [7, 11) is 2.02. The van der Waals surface area contributed by atoms with Crippen molar-refractivity contribution in [1.29, 1.82) is 0 Å². The summed E-state index contributed by atoms with van der Waals surface area (Å²) in [5, 5.41) is 8.24. The van der Waals surface area contributed by atoms with Crippen molar-refractivity contribution in [2.45, 2.75) is 64.1 Å². The Kier molecular flexibility index (Phi) is 4.13. The Balaban J connectivity index is 1.79. The summed E-state index contributed by atoms with van der Waals surface area (Å²) in [5.41, 5.74) is 2.58. The van der Waals surface area contributed by atoms with Crippen molar-refractivity contribution in [1.82, 2.24) is 20.0 Å². The lowest BCUT2D eigenvalue weighted by molar-refractivity contribution is 0.0800. The van der Waals surface area contributed by atoms with Crippen LogP contribution in [-0.4, -0.2) is 39.9 Å². The van der Waals surface area contributed by atoms with Crippen LogP contribution >= 0.6 is 0 Å². The number of nitrogens with zero attached hydrogens (tertiary/aromatic N) is 3. The van der Waals surface area contributed by atoms with Crippen LogP contribution in [0.2, 0.25) is 0 Å². The van der Waals surface area contributed by atoms with Crippen molar-refractivity contribution in [2.24, 2.45) is 7.05 Å². The zero-order valence-electron chi connectivity index (χ0n) is 13.1. The van der Waals surface area contributed by atoms with Crippen LogP contribution in [0, 0.1) is 6.92 Å². The Morgan fingerprint density at radius 1 is 1.30 bits per heavy atom. The van der Waals surface area contributed by atoms with Gasteiger partial charge in [0.05, 0.1) is 5.69 Å². The standard InChI is InChI=1S/C16H28N4/c1-12-14(11-19(3)18-12)13(2)20-10-5-4-8-16(20)15-7-6-9-17-15/h11,13,15-17H,4-10H2,1-3H3. The third-order valence-corrected chi connectivity index (χ3v) is 5.15. The Labute approximate surface area is 122 Å². The first kappa shape index (κ1) is 14.1. The van der Waals surface area contributed by atoms with E-state index in [2.05, 4.69) is 35.4 Å². The Morgan fingerprint density at radius 2 is 2.15 bits per heavy atom. The Hall–Kier alpha value is -0.870. The van der Waals surface area contributed by atoms with Gasteiger partial charge in [-0.05, 0) is 52.6 Å². The molecule has 3 heterocycles. The van der Waals surface area contributed by atoms with E-state index in [9.17, 15) is 0 Å². The molecule has 2 saturated heterocycles. The van der Waals surface area contributed by atoms with Crippen molar-refractivity contribution >= 4 is 0 Å². The molecule has 3 rings (SSSR count). The van der Waals surface area contributed by atoms with Crippen molar-refractivity contribution in [3.63, 3.8) is 0 Å². The molecular weight excluding hydrogens is 248 g/mol. The van der Waals surface area contributed by atoms with Crippen LogP contribution < -0.4 is 5.32 Å². The van der Waals surface area contributed by atoms with Gasteiger partial charge in [0, 0.05) is 36.9 Å². The molecule has 4 heteroatoms. The van der Waals surface area contributed by atoms with Crippen LogP contribution in [0.1, 0.15) is 56.3 Å². The maximum atomic E-state index is 4.52. The second-order valence-electron chi connectivity index (χ2n) is 6.52. The Morgan fingerprint density at radius 3 is 2.80 bits per heavy atom. The average Bonchev–Trinajstić information content (AvgIpc) is 3.07. The molecule has 0 saturated carbocycles. The number of rotatable bonds is 3. The SMILES string of the molecule is Cc1nn(C)cc1C(C)N1CCCCC1C1CCCN1. The highest BCUT2D eigenvalue weighted by Crippen LogP contribution is 2.32. The summed E-state index contributed by atoms with van der Waals surface area (Å²) in [5.74, 6) is 0. The van der Waals surface area contributed by atoms with Crippen molar-refractivity contribution < 1.29 is 0 Å². The molecule has 3 atom stereocenters. The number of piperidine rings is 1. The molecule has 0 aromatic carbocycles. The van der Waals surface area contributed by atoms with E-state index in [1.807, 2.05) is 11.7 Å². The van der Waals surface area contributed by atoms with Crippen LogP contribution in [-0.2, 0) is 7.05 Å². The normalized spacial score (nSPS) is 29.8. The summed E-state index contributed by atoms with van der Waals surface area (Å²) in [6.07, 6.45) is 8.97. The summed E-state index contributed by atoms with van der Waals surface area (Å²) in [4.78, 5) is 2.73. The monoisotopic (exact) mass is 276 g/mol. The maximum Gasteiger partial charge on any atom is 0.0641 e. The smallest absolute Gasteiger partial charge is 0.0641 e. The number of hydrogen-bond acceptors (Lipinski definition) is 3. The molecule has 1 aromatic rings. The second-order valence-corrected chi connectivity index (χ2v) is 6.52. The molecule has 0 spiro atoms. The number of hydrogen-bond donors (Lipinski definition) is 1. The van der Waals surface area contributed by atoms with Crippen molar-refractivity contribution in [3.8, 4) is 0 Å². The zero-order valence-corrected chi connectivity index (χ0v) is 13.1. The van der Waals surface area contributed by atoms with Gasteiger partial charge in [-0.15, -0.1) is 0 Å². The fourth-order valence-corrected chi connectivity index (χ4v) is 4.14. The second kappa shape index (κ2) is 5.86. The summed E-state index contributed by atoms with van der Waals surface area (Å²) in [6, 6.07) is 1.90. The van der Waals surface area contributed by atoms with E-state index in [1.165, 1.54) is 56.5 Å². The molecule has 20 heavy (non-hydrogen) atoms. The zero-order chi connectivity index (χ0) is 14.1. The van der Waals surface area contributed by atoms with Gasteiger partial charge in [-0.3, -0.25) is 9.58 Å². The van der Waals surface area contributed by atoms with E-state index in [0.717, 1.165) is 0 Å². The molecule has 2 fully saturated rings. The number of nitrogens with one attached hydrogen (secondary N) is 1. The molecule has 2 aliphatic rings. The van der Waals surface area contributed by atoms with Crippen LogP contribution in [0.25, 0.3) is 0 Å². The third-order valence-electron chi connectivity index (χ3n) is 5.15. The molecule has 0 radical (unpaired) electrons. The van der Waals surface area contributed by atoms with Crippen LogP contribution in [0.4, 0.5) is 0 Å². The number of aromatic nitrogens is 2. The number of aryl methyl sites for hydroxylation is 2. The summed E-state index contributed by atoms with van der Waals surface area (Å²) in [6.45, 7) is 6.93. The lowest BCUT2D eigenvalue weighted by Crippen LogP contribution is -2.51. The van der Waals surface area contributed by atoms with Gasteiger partial charge in [0.25, 0.3) is 0 Å². The molecule has 3 unspecified atom stereocenters. The summed E-state index contributed by atoms with van der Waals surface area (Å²) >= 11 is 0. The van der Waals surface area contributed by atoms with Gasteiger partial charge in [-0.2, -0.15) is 5.10 Å². The maximum absolute atomic E-state index is 4.52. The lowest BCUT2D eigenvalue weighted by atomic mass is 9.91. The van der Waals surface area contributed by atoms with E-state index in [4.69, 9.17) is 0 Å². The highest BCUT2D eigenvalue weighted by Gasteiger charge is 2.34. The van der Waals surface area contributed by atoms with Gasteiger partial charge in [0.1, 0.15) is 0 Å². The van der Waals surface area contributed by atoms with Gasteiger partial charge >= 0.3 is 0 Å². The molecule has 0 amide bonds. The predicted molar refractivity (Wildman–Crippen MR) is 81.7 cm³/mol. The average molecular weight is 276 g/mol. The van der Waals surface area contributed by atoms with Crippen LogP contribution in [0.3, 0.4) is 0 Å². The fraction of sp³-hybridized carbons (Fsp3) is 0.812. The minimum absolute atomic E-state index is 0.483. The third kappa shape index (κ3) is 2.63. The fourth-order valence-electron chi connectivity index (χ4n) is 4.14. The lowest BCUT2D eigenvalue weighted by Gasteiger charge is -2.43. The highest BCUT2D eigenvalue weighted by atomic mass is 15.3. The highest BCUT2D eigenvalue weighted by molar-refractivity contribution is 5.20. The quantitative estimate of drug-likeness (QED) is 0.920. The van der Waals surface area contributed by atoms with Crippen molar-refractivity contribution in [3.05, 3.63) is 17.5 Å². The van der Waals surface area contributed by atoms with Crippen LogP contribution in [0.15, 0.2) is 6.20 Å². The van der Waals surface area contributed by atoms with Crippen molar-refractivity contribution in [2.75, 3.05) is 13.1 Å². The summed E-state index contributed by atoms with van der Waals surface area (Å²) < 4.78 is 1.95.